The molecular formula is C15H20BrFN2O. The van der Waals surface area contributed by atoms with Crippen LogP contribution in [0.3, 0.4) is 0 Å². The minimum atomic E-state index is -0.503. The van der Waals surface area contributed by atoms with Crippen LogP contribution in [-0.4, -0.2) is 37.0 Å². The summed E-state index contributed by atoms with van der Waals surface area (Å²) in [5.41, 5.74) is 0.0895. The molecule has 0 radical (unpaired) electrons. The van der Waals surface area contributed by atoms with Crippen molar-refractivity contribution in [3.63, 3.8) is 0 Å². The van der Waals surface area contributed by atoms with E-state index >= 15 is 0 Å². The highest BCUT2D eigenvalue weighted by atomic mass is 79.9. The molecule has 1 amide bonds. The van der Waals surface area contributed by atoms with Gasteiger partial charge in [-0.15, -0.1) is 0 Å². The lowest BCUT2D eigenvalue weighted by Crippen LogP contribution is -2.39. The molecule has 2 rings (SSSR count). The number of piperidine rings is 1. The Labute approximate surface area is 127 Å². The van der Waals surface area contributed by atoms with Crippen LogP contribution >= 0.6 is 15.9 Å². The summed E-state index contributed by atoms with van der Waals surface area (Å²) < 4.78 is 14.1. The number of carbonyl (C=O) groups excluding carboxylic acids is 1. The maximum Gasteiger partial charge on any atom is 0.254 e. The number of nitrogens with zero attached hydrogens (tertiary/aromatic N) is 1. The van der Waals surface area contributed by atoms with Crippen LogP contribution in [0.5, 0.6) is 0 Å². The van der Waals surface area contributed by atoms with Gasteiger partial charge in [0.05, 0.1) is 10.0 Å². The monoisotopic (exact) mass is 342 g/mol. The van der Waals surface area contributed by atoms with E-state index in [4.69, 9.17) is 0 Å². The number of amides is 1. The average molecular weight is 343 g/mol. The first-order valence-corrected chi connectivity index (χ1v) is 7.82. The molecule has 1 fully saturated rings. The maximum atomic E-state index is 13.8. The van der Waals surface area contributed by atoms with Gasteiger partial charge in [0.15, 0.2) is 0 Å². The number of halogens is 2. The zero-order chi connectivity index (χ0) is 14.5. The first kappa shape index (κ1) is 15.4. The third kappa shape index (κ3) is 4.03. The van der Waals surface area contributed by atoms with E-state index in [9.17, 15) is 9.18 Å². The Balaban J connectivity index is 1.79. The van der Waals surface area contributed by atoms with Crippen molar-refractivity contribution in [2.45, 2.75) is 19.8 Å². The minimum Gasteiger partial charge on any atom is -0.351 e. The lowest BCUT2D eigenvalue weighted by molar-refractivity contribution is 0.0940. The number of nitrogens with one attached hydrogen (secondary N) is 1. The Morgan fingerprint density at radius 1 is 1.45 bits per heavy atom. The molecule has 1 aromatic rings. The molecule has 20 heavy (non-hydrogen) atoms. The first-order chi connectivity index (χ1) is 9.58. The van der Waals surface area contributed by atoms with E-state index in [-0.39, 0.29) is 11.5 Å². The van der Waals surface area contributed by atoms with Gasteiger partial charge < -0.3 is 10.2 Å². The Morgan fingerprint density at radius 3 is 2.85 bits per heavy atom. The second-order valence-electron chi connectivity index (χ2n) is 5.38. The van der Waals surface area contributed by atoms with Crippen LogP contribution in [0.2, 0.25) is 0 Å². The molecule has 0 bridgehead atoms. The summed E-state index contributed by atoms with van der Waals surface area (Å²) in [6, 6.07) is 4.74. The average Bonchev–Trinajstić information content (AvgIpc) is 2.44. The fourth-order valence-corrected chi connectivity index (χ4v) is 2.75. The molecule has 1 aliphatic rings. The SMILES string of the molecule is CC1CCN(CCNC(=O)c2cccc(Br)c2F)CC1. The highest BCUT2D eigenvalue weighted by Crippen LogP contribution is 2.18. The normalized spacial score (nSPS) is 17.1. The molecule has 1 heterocycles. The van der Waals surface area contributed by atoms with Gasteiger partial charge in [0.25, 0.3) is 5.91 Å². The largest absolute Gasteiger partial charge is 0.351 e. The predicted molar refractivity (Wildman–Crippen MR) is 81.3 cm³/mol. The maximum absolute atomic E-state index is 13.8. The van der Waals surface area contributed by atoms with Crippen LogP contribution in [0.4, 0.5) is 4.39 Å². The van der Waals surface area contributed by atoms with E-state index in [0.717, 1.165) is 25.6 Å². The zero-order valence-electron chi connectivity index (χ0n) is 11.7. The van der Waals surface area contributed by atoms with Gasteiger partial charge in [0.2, 0.25) is 0 Å². The van der Waals surface area contributed by atoms with Crippen LogP contribution in [0.1, 0.15) is 30.1 Å². The standard InChI is InChI=1S/C15H20BrFN2O/c1-11-5-8-19(9-6-11)10-7-18-15(20)12-3-2-4-13(16)14(12)17/h2-4,11H,5-10H2,1H3,(H,18,20). The van der Waals surface area contributed by atoms with Gasteiger partial charge in [-0.05, 0) is 59.9 Å². The number of benzene rings is 1. The van der Waals surface area contributed by atoms with E-state index < -0.39 is 5.82 Å². The number of rotatable bonds is 4. The Morgan fingerprint density at radius 2 is 2.15 bits per heavy atom. The van der Waals surface area contributed by atoms with Crippen LogP contribution in [0.15, 0.2) is 22.7 Å². The highest BCUT2D eigenvalue weighted by molar-refractivity contribution is 9.10. The van der Waals surface area contributed by atoms with Crippen LogP contribution < -0.4 is 5.32 Å². The minimum absolute atomic E-state index is 0.0895. The quantitative estimate of drug-likeness (QED) is 0.911. The molecule has 110 valence electrons. The van der Waals surface area contributed by atoms with Crippen molar-refractivity contribution in [2.24, 2.45) is 5.92 Å². The van der Waals surface area contributed by atoms with Gasteiger partial charge in [0, 0.05) is 13.1 Å². The summed E-state index contributed by atoms with van der Waals surface area (Å²) in [6.45, 7) is 5.83. The van der Waals surface area contributed by atoms with E-state index in [0.29, 0.717) is 11.0 Å². The molecular weight excluding hydrogens is 323 g/mol. The first-order valence-electron chi connectivity index (χ1n) is 7.02. The molecule has 3 nitrogen and oxygen atoms in total. The second-order valence-corrected chi connectivity index (χ2v) is 6.24. The molecule has 1 aliphatic heterocycles. The van der Waals surface area contributed by atoms with Gasteiger partial charge in [-0.1, -0.05) is 13.0 Å². The number of carbonyl (C=O) groups is 1. The molecule has 0 unspecified atom stereocenters. The van der Waals surface area contributed by atoms with E-state index in [1.54, 1.807) is 12.1 Å². The lowest BCUT2D eigenvalue weighted by atomic mass is 9.99. The second kappa shape index (κ2) is 7.18. The highest BCUT2D eigenvalue weighted by Gasteiger charge is 2.16. The molecule has 1 saturated heterocycles. The lowest BCUT2D eigenvalue weighted by Gasteiger charge is -2.30. The zero-order valence-corrected chi connectivity index (χ0v) is 13.2. The van der Waals surface area contributed by atoms with E-state index in [1.165, 1.54) is 18.9 Å². The number of likely N-dealkylation sites (tertiary alicyclic amines) is 1. The van der Waals surface area contributed by atoms with Crippen molar-refractivity contribution in [1.29, 1.82) is 0 Å². The summed E-state index contributed by atoms with van der Waals surface area (Å²) in [4.78, 5) is 14.3. The Kier molecular flexibility index (Phi) is 5.54. The van der Waals surface area contributed by atoms with Crippen molar-refractivity contribution >= 4 is 21.8 Å². The van der Waals surface area contributed by atoms with E-state index in [1.807, 2.05) is 0 Å². The molecule has 1 N–H and O–H groups in total. The Bertz CT molecular complexity index is 473. The fourth-order valence-electron chi connectivity index (χ4n) is 2.39. The third-order valence-corrected chi connectivity index (χ3v) is 4.40. The molecule has 0 spiro atoms. The van der Waals surface area contributed by atoms with Gasteiger partial charge in [-0.2, -0.15) is 0 Å². The van der Waals surface area contributed by atoms with Gasteiger partial charge >= 0.3 is 0 Å². The van der Waals surface area contributed by atoms with Crippen molar-refractivity contribution in [3.05, 3.63) is 34.1 Å². The molecule has 1 aromatic carbocycles. The molecule has 0 aliphatic carbocycles. The number of hydrogen-bond donors (Lipinski definition) is 1. The molecule has 0 atom stereocenters. The van der Waals surface area contributed by atoms with Crippen molar-refractivity contribution < 1.29 is 9.18 Å². The summed E-state index contributed by atoms with van der Waals surface area (Å²) >= 11 is 3.09. The van der Waals surface area contributed by atoms with Crippen molar-refractivity contribution in [2.75, 3.05) is 26.2 Å². The van der Waals surface area contributed by atoms with Crippen LogP contribution in [0, 0.1) is 11.7 Å². The van der Waals surface area contributed by atoms with Gasteiger partial charge in [-0.3, -0.25) is 4.79 Å². The molecule has 0 saturated carbocycles. The fraction of sp³-hybridized carbons (Fsp3) is 0.533. The van der Waals surface area contributed by atoms with Gasteiger partial charge in [0.1, 0.15) is 5.82 Å². The van der Waals surface area contributed by atoms with Crippen molar-refractivity contribution in [1.82, 2.24) is 10.2 Å². The van der Waals surface area contributed by atoms with Crippen molar-refractivity contribution in [3.8, 4) is 0 Å². The summed E-state index contributed by atoms with van der Waals surface area (Å²) in [7, 11) is 0. The van der Waals surface area contributed by atoms with Gasteiger partial charge in [-0.25, -0.2) is 4.39 Å². The van der Waals surface area contributed by atoms with Crippen LogP contribution in [-0.2, 0) is 0 Å². The summed E-state index contributed by atoms with van der Waals surface area (Å²) in [5.74, 6) is -0.0532. The van der Waals surface area contributed by atoms with E-state index in [2.05, 4.69) is 33.1 Å². The smallest absolute Gasteiger partial charge is 0.254 e. The molecule has 0 aromatic heterocycles. The summed E-state index contributed by atoms with van der Waals surface area (Å²) in [6.07, 6.45) is 2.43. The third-order valence-electron chi connectivity index (χ3n) is 3.79. The summed E-state index contributed by atoms with van der Waals surface area (Å²) in [5, 5.41) is 2.78. The molecule has 5 heteroatoms. The topological polar surface area (TPSA) is 32.3 Å². The predicted octanol–water partition coefficient (Wildman–Crippen LogP) is 3.05. The van der Waals surface area contributed by atoms with Crippen LogP contribution in [0.25, 0.3) is 0 Å². The Hall–Kier alpha value is -0.940. The number of hydrogen-bond acceptors (Lipinski definition) is 2.